The molecule has 0 heterocycles. The highest BCUT2D eigenvalue weighted by atomic mass is 16.5. The molecule has 0 saturated heterocycles. The van der Waals surface area contributed by atoms with Gasteiger partial charge in [0.15, 0.2) is 6.61 Å². The van der Waals surface area contributed by atoms with E-state index in [1.54, 1.807) is 0 Å². The maximum Gasteiger partial charge on any atom is 0.258 e. The molecule has 3 aromatic rings. The van der Waals surface area contributed by atoms with E-state index in [9.17, 15) is 4.79 Å². The van der Waals surface area contributed by atoms with E-state index in [1.807, 2.05) is 60.7 Å². The molecule has 0 aromatic heterocycles. The molecule has 0 unspecified atom stereocenters. The summed E-state index contributed by atoms with van der Waals surface area (Å²) < 4.78 is 11.6. The third-order valence-electron chi connectivity index (χ3n) is 4.49. The van der Waals surface area contributed by atoms with E-state index < -0.39 is 0 Å². The van der Waals surface area contributed by atoms with Gasteiger partial charge in [-0.25, -0.2) is 0 Å². The first-order chi connectivity index (χ1) is 13.4. The summed E-state index contributed by atoms with van der Waals surface area (Å²) in [4.78, 5) is 12.1. The lowest BCUT2D eigenvalue weighted by molar-refractivity contribution is -0.123. The summed E-state index contributed by atoms with van der Waals surface area (Å²) in [6.07, 6.45) is 0. The minimum absolute atomic E-state index is 0.00609. The Bertz CT molecular complexity index is 938. The predicted molar refractivity (Wildman–Crippen MR) is 113 cm³/mol. The van der Waals surface area contributed by atoms with Gasteiger partial charge in [0.2, 0.25) is 0 Å². The number of amides is 1. The zero-order chi connectivity index (χ0) is 20.0. The van der Waals surface area contributed by atoms with Gasteiger partial charge >= 0.3 is 0 Å². The van der Waals surface area contributed by atoms with Crippen molar-refractivity contribution in [1.29, 1.82) is 0 Å². The summed E-state index contributed by atoms with van der Waals surface area (Å²) in [5.74, 6) is 1.40. The molecule has 0 aliphatic rings. The average molecular weight is 377 g/mol. The zero-order valence-electron chi connectivity index (χ0n) is 16.7. The van der Waals surface area contributed by atoms with Crippen molar-refractivity contribution in [3.8, 4) is 11.5 Å². The molecule has 0 bridgehead atoms. The van der Waals surface area contributed by atoms with Crippen LogP contribution in [0.3, 0.4) is 0 Å². The van der Waals surface area contributed by atoms with Crippen LogP contribution in [0.15, 0.2) is 66.7 Å². The lowest BCUT2D eigenvalue weighted by Gasteiger charge is -2.22. The summed E-state index contributed by atoms with van der Waals surface area (Å²) in [5.41, 5.74) is 1.16. The van der Waals surface area contributed by atoms with Crippen molar-refractivity contribution in [2.24, 2.45) is 0 Å². The van der Waals surface area contributed by atoms with Crippen LogP contribution in [-0.4, -0.2) is 25.7 Å². The Kier molecular flexibility index (Phi) is 6.19. The highest BCUT2D eigenvalue weighted by molar-refractivity contribution is 5.88. The van der Waals surface area contributed by atoms with Crippen LogP contribution in [0.5, 0.6) is 11.5 Å². The molecule has 0 radical (unpaired) electrons. The standard InChI is InChI=1S/C24H27NO3/c1-24(2,3)20-12-6-7-13-22(20)27-16-15-25-23(26)17-28-21-14-8-10-18-9-4-5-11-19(18)21/h4-14H,15-17H2,1-3H3,(H,25,26). The molecule has 0 aliphatic heterocycles. The van der Waals surface area contributed by atoms with Gasteiger partial charge in [-0.1, -0.05) is 75.4 Å². The number of ether oxygens (including phenoxy) is 2. The Morgan fingerprint density at radius 3 is 2.36 bits per heavy atom. The summed E-state index contributed by atoms with van der Waals surface area (Å²) in [5, 5.41) is 4.93. The van der Waals surface area contributed by atoms with Crippen LogP contribution in [0.2, 0.25) is 0 Å². The van der Waals surface area contributed by atoms with Gasteiger partial charge in [0.05, 0.1) is 6.54 Å². The quantitative estimate of drug-likeness (QED) is 0.607. The van der Waals surface area contributed by atoms with E-state index in [-0.39, 0.29) is 17.9 Å². The van der Waals surface area contributed by atoms with Gasteiger partial charge in [-0.2, -0.15) is 0 Å². The van der Waals surface area contributed by atoms with E-state index in [4.69, 9.17) is 9.47 Å². The van der Waals surface area contributed by atoms with Crippen LogP contribution in [0.1, 0.15) is 26.3 Å². The highest BCUT2D eigenvalue weighted by Crippen LogP contribution is 2.30. The van der Waals surface area contributed by atoms with Crippen molar-refractivity contribution in [3.05, 3.63) is 72.3 Å². The molecule has 146 valence electrons. The van der Waals surface area contributed by atoms with Crippen molar-refractivity contribution < 1.29 is 14.3 Å². The van der Waals surface area contributed by atoms with Crippen LogP contribution >= 0.6 is 0 Å². The number of hydrogen-bond donors (Lipinski definition) is 1. The fourth-order valence-corrected chi connectivity index (χ4v) is 3.08. The van der Waals surface area contributed by atoms with Crippen LogP contribution in [0.4, 0.5) is 0 Å². The highest BCUT2D eigenvalue weighted by Gasteiger charge is 2.18. The maximum atomic E-state index is 12.1. The van der Waals surface area contributed by atoms with E-state index >= 15 is 0 Å². The van der Waals surface area contributed by atoms with E-state index in [2.05, 4.69) is 32.2 Å². The number of carbonyl (C=O) groups is 1. The molecule has 4 heteroatoms. The molecular formula is C24H27NO3. The van der Waals surface area contributed by atoms with Gasteiger partial charge in [0, 0.05) is 5.39 Å². The molecule has 28 heavy (non-hydrogen) atoms. The van der Waals surface area contributed by atoms with Gasteiger partial charge in [0.1, 0.15) is 18.1 Å². The number of hydrogen-bond acceptors (Lipinski definition) is 3. The van der Waals surface area contributed by atoms with E-state index in [0.29, 0.717) is 18.9 Å². The molecule has 0 spiro atoms. The van der Waals surface area contributed by atoms with Crippen molar-refractivity contribution >= 4 is 16.7 Å². The maximum absolute atomic E-state index is 12.1. The third-order valence-corrected chi connectivity index (χ3v) is 4.49. The molecule has 3 aromatic carbocycles. The fraction of sp³-hybridized carbons (Fsp3) is 0.292. The molecular weight excluding hydrogens is 350 g/mol. The van der Waals surface area contributed by atoms with E-state index in [0.717, 1.165) is 22.1 Å². The van der Waals surface area contributed by atoms with E-state index in [1.165, 1.54) is 0 Å². The topological polar surface area (TPSA) is 47.6 Å². The van der Waals surface area contributed by atoms with Crippen LogP contribution < -0.4 is 14.8 Å². The van der Waals surface area contributed by atoms with Gasteiger partial charge < -0.3 is 14.8 Å². The smallest absolute Gasteiger partial charge is 0.258 e. The number of carbonyl (C=O) groups excluding carboxylic acids is 1. The number of nitrogens with one attached hydrogen (secondary N) is 1. The summed E-state index contributed by atoms with van der Waals surface area (Å²) >= 11 is 0. The average Bonchev–Trinajstić information content (AvgIpc) is 2.69. The second kappa shape index (κ2) is 8.79. The van der Waals surface area contributed by atoms with Gasteiger partial charge in [-0.15, -0.1) is 0 Å². The van der Waals surface area contributed by atoms with Gasteiger partial charge in [-0.3, -0.25) is 4.79 Å². The second-order valence-corrected chi connectivity index (χ2v) is 7.71. The minimum atomic E-state index is -0.166. The second-order valence-electron chi connectivity index (χ2n) is 7.71. The predicted octanol–water partition coefficient (Wildman–Crippen LogP) is 4.71. The zero-order valence-corrected chi connectivity index (χ0v) is 16.7. The SMILES string of the molecule is CC(C)(C)c1ccccc1OCCNC(=O)COc1cccc2ccccc12. The van der Waals surface area contributed by atoms with Crippen LogP contribution in [0, 0.1) is 0 Å². The number of rotatable bonds is 7. The number of fused-ring (bicyclic) bond motifs is 1. The number of benzene rings is 3. The summed E-state index contributed by atoms with van der Waals surface area (Å²) in [7, 11) is 0. The molecule has 4 nitrogen and oxygen atoms in total. The van der Waals surface area contributed by atoms with Crippen molar-refractivity contribution in [1.82, 2.24) is 5.32 Å². The molecule has 0 fully saturated rings. The largest absolute Gasteiger partial charge is 0.491 e. The fourth-order valence-electron chi connectivity index (χ4n) is 3.08. The first-order valence-corrected chi connectivity index (χ1v) is 9.55. The molecule has 3 rings (SSSR count). The Morgan fingerprint density at radius 2 is 1.54 bits per heavy atom. The molecule has 0 aliphatic carbocycles. The monoisotopic (exact) mass is 377 g/mol. The first kappa shape index (κ1) is 19.7. The molecule has 0 atom stereocenters. The van der Waals surface area contributed by atoms with Gasteiger partial charge in [-0.05, 0) is 28.5 Å². The van der Waals surface area contributed by atoms with Crippen molar-refractivity contribution in [2.45, 2.75) is 26.2 Å². The Labute approximate surface area is 166 Å². The molecule has 1 amide bonds. The van der Waals surface area contributed by atoms with Crippen molar-refractivity contribution in [2.75, 3.05) is 19.8 Å². The van der Waals surface area contributed by atoms with Gasteiger partial charge in [0.25, 0.3) is 5.91 Å². The summed E-state index contributed by atoms with van der Waals surface area (Å²) in [6, 6.07) is 21.8. The Balaban J connectivity index is 1.47. The molecule has 0 saturated carbocycles. The van der Waals surface area contributed by atoms with Crippen molar-refractivity contribution in [3.63, 3.8) is 0 Å². The first-order valence-electron chi connectivity index (χ1n) is 9.55. The minimum Gasteiger partial charge on any atom is -0.491 e. The lowest BCUT2D eigenvalue weighted by Crippen LogP contribution is -2.32. The van der Waals surface area contributed by atoms with Crippen LogP contribution in [-0.2, 0) is 10.2 Å². The Hall–Kier alpha value is -3.01. The third kappa shape index (κ3) is 5.03. The lowest BCUT2D eigenvalue weighted by atomic mass is 9.86. The molecule has 1 N–H and O–H groups in total. The summed E-state index contributed by atoms with van der Waals surface area (Å²) in [6.45, 7) is 7.28. The van der Waals surface area contributed by atoms with Crippen LogP contribution in [0.25, 0.3) is 10.8 Å². The Morgan fingerprint density at radius 1 is 0.857 bits per heavy atom. The normalized spacial score (nSPS) is 11.2. The number of para-hydroxylation sites is 1.